The Morgan fingerprint density at radius 2 is 1.11 bits per heavy atom. The maximum absolute atomic E-state index is 2.45. The van der Waals surface area contributed by atoms with Gasteiger partial charge in [0, 0.05) is 44.3 Å². The summed E-state index contributed by atoms with van der Waals surface area (Å²) in [6.07, 6.45) is 0. The van der Waals surface area contributed by atoms with Gasteiger partial charge >= 0.3 is 0 Å². The summed E-state index contributed by atoms with van der Waals surface area (Å²) in [5, 5.41) is 5.22. The number of aromatic nitrogens is 2. The smallest absolute Gasteiger partial charge is 0.0543 e. The highest BCUT2D eigenvalue weighted by Crippen LogP contribution is 2.38. The highest BCUT2D eigenvalue weighted by atomic mass is 15.0. The van der Waals surface area contributed by atoms with Crippen molar-refractivity contribution in [1.29, 1.82) is 0 Å². The van der Waals surface area contributed by atoms with Crippen LogP contribution in [0.3, 0.4) is 0 Å². The molecule has 2 heterocycles. The van der Waals surface area contributed by atoms with Crippen molar-refractivity contribution >= 4 is 43.6 Å². The van der Waals surface area contributed by atoms with Crippen LogP contribution in [0.2, 0.25) is 0 Å². The fourth-order valence-electron chi connectivity index (χ4n) is 5.90. The van der Waals surface area contributed by atoms with E-state index in [1.54, 1.807) is 0 Å². The van der Waals surface area contributed by atoms with Crippen molar-refractivity contribution in [2.75, 3.05) is 0 Å². The van der Waals surface area contributed by atoms with Crippen LogP contribution in [0.25, 0.3) is 60.4 Å². The number of hydrogen-bond acceptors (Lipinski definition) is 0. The molecular weight excluding hydrogens is 436 g/mol. The van der Waals surface area contributed by atoms with E-state index in [2.05, 4.69) is 139 Å². The van der Waals surface area contributed by atoms with Crippen molar-refractivity contribution in [2.24, 2.45) is 0 Å². The minimum Gasteiger partial charge on any atom is -0.338 e. The zero-order valence-electron chi connectivity index (χ0n) is 20.9. The van der Waals surface area contributed by atoms with E-state index in [0.717, 1.165) is 0 Å². The molecule has 7 aromatic rings. The summed E-state index contributed by atoms with van der Waals surface area (Å²) in [5.41, 5.74) is 10.1. The molecule has 0 unspecified atom stereocenters. The zero-order chi connectivity index (χ0) is 24.4. The molecule has 0 saturated carbocycles. The van der Waals surface area contributed by atoms with Crippen molar-refractivity contribution in [3.63, 3.8) is 0 Å². The summed E-state index contributed by atoms with van der Waals surface area (Å²) in [4.78, 5) is 0. The first kappa shape index (κ1) is 21.0. The van der Waals surface area contributed by atoms with Gasteiger partial charge in [-0.05, 0) is 86.0 Å². The number of aryl methyl sites for hydroxylation is 1. The van der Waals surface area contributed by atoms with Gasteiger partial charge in [-0.15, -0.1) is 0 Å². The lowest BCUT2D eigenvalue weighted by Crippen LogP contribution is -1.99. The molecule has 0 aliphatic heterocycles. The number of hydrogen-bond donors (Lipinski definition) is 0. The molecule has 174 valence electrons. The lowest BCUT2D eigenvalue weighted by Gasteiger charge is -2.12. The van der Waals surface area contributed by atoms with Crippen molar-refractivity contribution in [3.05, 3.63) is 115 Å². The Balaban J connectivity index is 1.48. The van der Waals surface area contributed by atoms with Gasteiger partial charge in [0.15, 0.2) is 0 Å². The Hall–Kier alpha value is -4.30. The van der Waals surface area contributed by atoms with Crippen molar-refractivity contribution in [1.82, 2.24) is 9.13 Å². The summed E-state index contributed by atoms with van der Waals surface area (Å²) >= 11 is 0. The van der Waals surface area contributed by atoms with Crippen LogP contribution < -0.4 is 0 Å². The normalized spacial score (nSPS) is 12.0. The fourth-order valence-corrected chi connectivity index (χ4v) is 5.90. The summed E-state index contributed by atoms with van der Waals surface area (Å²) in [6.45, 7) is 6.69. The second kappa shape index (κ2) is 7.86. The molecule has 0 saturated heterocycles. The Kier molecular flexibility index (Phi) is 4.59. The van der Waals surface area contributed by atoms with E-state index in [9.17, 15) is 0 Å². The minimum absolute atomic E-state index is 0.405. The van der Waals surface area contributed by atoms with Gasteiger partial charge in [-0.2, -0.15) is 0 Å². The van der Waals surface area contributed by atoms with Gasteiger partial charge in [0.05, 0.1) is 11.0 Å². The molecule has 0 radical (unpaired) electrons. The first-order chi connectivity index (χ1) is 17.6. The van der Waals surface area contributed by atoms with Crippen LogP contribution in [-0.2, 0) is 0 Å². The average Bonchev–Trinajstić information content (AvgIpc) is 3.40. The van der Waals surface area contributed by atoms with Gasteiger partial charge in [0.2, 0.25) is 0 Å². The van der Waals surface area contributed by atoms with E-state index >= 15 is 0 Å². The Morgan fingerprint density at radius 1 is 0.500 bits per heavy atom. The molecule has 0 aliphatic carbocycles. The third-order valence-corrected chi connectivity index (χ3v) is 7.50. The van der Waals surface area contributed by atoms with E-state index in [-0.39, 0.29) is 0 Å². The van der Waals surface area contributed by atoms with Gasteiger partial charge < -0.3 is 9.13 Å². The summed E-state index contributed by atoms with van der Waals surface area (Å²) in [7, 11) is 0. The predicted octanol–water partition coefficient (Wildman–Crippen LogP) is 9.45. The first-order valence-electron chi connectivity index (χ1n) is 12.7. The molecule has 5 aromatic carbocycles. The van der Waals surface area contributed by atoms with Crippen LogP contribution in [-0.4, -0.2) is 9.13 Å². The van der Waals surface area contributed by atoms with Crippen LogP contribution in [0, 0.1) is 6.92 Å². The maximum atomic E-state index is 2.45. The molecule has 0 N–H and O–H groups in total. The van der Waals surface area contributed by atoms with Crippen molar-refractivity contribution < 1.29 is 0 Å². The number of nitrogens with zero attached hydrogens (tertiary/aromatic N) is 2. The van der Waals surface area contributed by atoms with E-state index in [4.69, 9.17) is 0 Å². The highest BCUT2D eigenvalue weighted by Gasteiger charge is 2.16. The van der Waals surface area contributed by atoms with Crippen LogP contribution in [0.5, 0.6) is 0 Å². The number of para-hydroxylation sites is 2. The molecule has 2 nitrogen and oxygen atoms in total. The topological polar surface area (TPSA) is 9.86 Å². The first-order valence-corrected chi connectivity index (χ1v) is 12.7. The van der Waals surface area contributed by atoms with E-state index in [1.807, 2.05) is 0 Å². The lowest BCUT2D eigenvalue weighted by atomic mass is 10.0. The van der Waals surface area contributed by atoms with Crippen LogP contribution >= 0.6 is 0 Å². The molecular formula is C34H28N2. The van der Waals surface area contributed by atoms with E-state index in [0.29, 0.717) is 6.04 Å². The molecule has 2 aromatic heterocycles. The SMILES string of the molecule is Cc1ccc2c3cc(-c4ccc5c(c4)c4ccccc4n5C(C)C)ccc3n(-c3ccccc3)c2c1. The number of benzene rings is 5. The fraction of sp³-hybridized carbons (Fsp3) is 0.118. The minimum atomic E-state index is 0.405. The summed E-state index contributed by atoms with van der Waals surface area (Å²) < 4.78 is 4.84. The Bertz CT molecular complexity index is 1920. The third-order valence-electron chi connectivity index (χ3n) is 7.50. The molecule has 0 aliphatic rings. The number of rotatable bonds is 3. The molecule has 0 atom stereocenters. The highest BCUT2D eigenvalue weighted by molar-refractivity contribution is 6.12. The molecule has 0 spiro atoms. The summed E-state index contributed by atoms with van der Waals surface area (Å²) in [6, 6.07) is 40.5. The molecule has 0 fully saturated rings. The second-order valence-corrected chi connectivity index (χ2v) is 10.1. The van der Waals surface area contributed by atoms with Crippen molar-refractivity contribution in [3.8, 4) is 16.8 Å². The van der Waals surface area contributed by atoms with Crippen LogP contribution in [0.4, 0.5) is 0 Å². The Morgan fingerprint density at radius 3 is 1.86 bits per heavy atom. The third kappa shape index (κ3) is 3.04. The Labute approximate surface area is 211 Å². The van der Waals surface area contributed by atoms with E-state index in [1.165, 1.54) is 66.0 Å². The largest absolute Gasteiger partial charge is 0.338 e. The number of fused-ring (bicyclic) bond motifs is 6. The van der Waals surface area contributed by atoms with Gasteiger partial charge in [-0.1, -0.05) is 60.7 Å². The summed E-state index contributed by atoms with van der Waals surface area (Å²) in [5.74, 6) is 0. The molecule has 7 rings (SSSR count). The molecule has 2 heteroatoms. The maximum Gasteiger partial charge on any atom is 0.0543 e. The van der Waals surface area contributed by atoms with Gasteiger partial charge in [0.25, 0.3) is 0 Å². The second-order valence-electron chi connectivity index (χ2n) is 10.1. The average molecular weight is 465 g/mol. The zero-order valence-corrected chi connectivity index (χ0v) is 20.9. The van der Waals surface area contributed by atoms with Gasteiger partial charge in [0.1, 0.15) is 0 Å². The predicted molar refractivity (Wildman–Crippen MR) is 154 cm³/mol. The van der Waals surface area contributed by atoms with E-state index < -0.39 is 0 Å². The molecule has 36 heavy (non-hydrogen) atoms. The monoisotopic (exact) mass is 464 g/mol. The standard InChI is InChI=1S/C34H28N2/c1-22(2)35-31-12-8-7-11-27(31)29-20-24(14-17-32(29)35)25-15-18-33-30(21-25)28-16-13-23(3)19-34(28)36(33)26-9-5-4-6-10-26/h4-22H,1-3H3. The van der Waals surface area contributed by atoms with Crippen LogP contribution in [0.15, 0.2) is 109 Å². The molecule has 0 bridgehead atoms. The van der Waals surface area contributed by atoms with Crippen molar-refractivity contribution in [2.45, 2.75) is 26.8 Å². The quantitative estimate of drug-likeness (QED) is 0.246. The van der Waals surface area contributed by atoms with Gasteiger partial charge in [-0.3, -0.25) is 0 Å². The lowest BCUT2D eigenvalue weighted by molar-refractivity contribution is 0.642. The molecule has 0 amide bonds. The van der Waals surface area contributed by atoms with Gasteiger partial charge in [-0.25, -0.2) is 0 Å². The van der Waals surface area contributed by atoms with Crippen LogP contribution in [0.1, 0.15) is 25.5 Å².